The van der Waals surface area contributed by atoms with Crippen LogP contribution in [0, 0.1) is 0 Å². The zero-order valence-electron chi connectivity index (χ0n) is 17.1. The predicted molar refractivity (Wildman–Crippen MR) is 106 cm³/mol. The van der Waals surface area contributed by atoms with Crippen molar-refractivity contribution in [2.45, 2.75) is 117 Å². The molecule has 23 heavy (non-hydrogen) atoms. The average molecular weight is 330 g/mol. The van der Waals surface area contributed by atoms with Gasteiger partial charge in [-0.1, -0.05) is 105 Å². The molecule has 0 heterocycles. The molecule has 1 unspecified atom stereocenters. The van der Waals surface area contributed by atoms with Crippen LogP contribution in [-0.2, 0) is 0 Å². The van der Waals surface area contributed by atoms with Crippen LogP contribution in [0.3, 0.4) is 0 Å². The molecule has 0 bridgehead atoms. The number of hydrogen-bond acceptors (Lipinski definition) is 2. The highest BCUT2D eigenvalue weighted by Gasteiger charge is 2.06. The van der Waals surface area contributed by atoms with Crippen molar-refractivity contribution < 1.29 is 5.11 Å². The number of unbranched alkanes of at least 4 members (excludes halogenated alkanes) is 11. The fraction of sp³-hybridized carbons (Fsp3) is 1.00. The van der Waals surface area contributed by atoms with E-state index in [1.54, 1.807) is 0 Å². The van der Waals surface area contributed by atoms with Crippen LogP contribution >= 0.6 is 0 Å². The number of hydrogen-bond donors (Lipinski definition) is 1. The molecule has 1 atom stereocenters. The third-order valence-electron chi connectivity index (χ3n) is 4.45. The molecule has 0 radical (unpaired) electrons. The van der Waals surface area contributed by atoms with E-state index in [0.717, 1.165) is 19.5 Å². The summed E-state index contributed by atoms with van der Waals surface area (Å²) in [5.74, 6) is 0. The zero-order valence-corrected chi connectivity index (χ0v) is 17.1. The molecule has 0 aromatic carbocycles. The Hall–Kier alpha value is -0.0800. The Labute approximate surface area is 148 Å². The third-order valence-corrected chi connectivity index (χ3v) is 4.45. The van der Waals surface area contributed by atoms with E-state index in [4.69, 9.17) is 0 Å². The minimum absolute atomic E-state index is 0.127. The Morgan fingerprint density at radius 1 is 0.696 bits per heavy atom. The quantitative estimate of drug-likeness (QED) is 0.330. The first-order valence-electron chi connectivity index (χ1n) is 10.6. The summed E-state index contributed by atoms with van der Waals surface area (Å²) in [7, 11) is 2.07. The van der Waals surface area contributed by atoms with Crippen LogP contribution in [0.15, 0.2) is 0 Å². The topological polar surface area (TPSA) is 23.5 Å². The fourth-order valence-electron chi connectivity index (χ4n) is 2.80. The summed E-state index contributed by atoms with van der Waals surface area (Å²) in [6.45, 7) is 10.3. The van der Waals surface area contributed by atoms with Gasteiger partial charge in [-0.25, -0.2) is 0 Å². The second kappa shape index (κ2) is 21.9. The molecule has 0 spiro atoms. The van der Waals surface area contributed by atoms with E-state index in [9.17, 15) is 5.11 Å². The number of likely N-dealkylation sites (N-methyl/N-ethyl adjacent to an activating group) is 1. The first-order valence-corrected chi connectivity index (χ1v) is 10.6. The van der Waals surface area contributed by atoms with E-state index in [-0.39, 0.29) is 6.10 Å². The van der Waals surface area contributed by atoms with E-state index < -0.39 is 0 Å². The zero-order chi connectivity index (χ0) is 17.8. The molecular formula is C21H47NO. The molecule has 0 rings (SSSR count). The molecule has 0 aliphatic rings. The largest absolute Gasteiger partial charge is 0.392 e. The summed E-state index contributed by atoms with van der Waals surface area (Å²) in [4.78, 5) is 2.19. The maximum absolute atomic E-state index is 9.87. The Morgan fingerprint density at radius 2 is 1.09 bits per heavy atom. The van der Waals surface area contributed by atoms with E-state index in [1.807, 2.05) is 13.8 Å². The molecule has 2 heteroatoms. The lowest BCUT2D eigenvalue weighted by atomic mass is 10.0. The van der Waals surface area contributed by atoms with Gasteiger partial charge in [-0.05, 0) is 20.0 Å². The first-order chi connectivity index (χ1) is 11.2. The van der Waals surface area contributed by atoms with Crippen LogP contribution in [0.4, 0.5) is 0 Å². The highest BCUT2D eigenvalue weighted by Crippen LogP contribution is 2.13. The average Bonchev–Trinajstić information content (AvgIpc) is 2.57. The van der Waals surface area contributed by atoms with Crippen LogP contribution < -0.4 is 0 Å². The summed E-state index contributed by atoms with van der Waals surface area (Å²) < 4.78 is 0. The van der Waals surface area contributed by atoms with Gasteiger partial charge >= 0.3 is 0 Å². The molecule has 0 aromatic rings. The second-order valence-electron chi connectivity index (χ2n) is 6.69. The lowest BCUT2D eigenvalue weighted by molar-refractivity contribution is 0.117. The van der Waals surface area contributed by atoms with Crippen molar-refractivity contribution in [1.29, 1.82) is 0 Å². The van der Waals surface area contributed by atoms with E-state index in [0.29, 0.717) is 0 Å². The van der Waals surface area contributed by atoms with Gasteiger partial charge in [0.2, 0.25) is 0 Å². The van der Waals surface area contributed by atoms with Gasteiger partial charge in [-0.3, -0.25) is 0 Å². The van der Waals surface area contributed by atoms with E-state index >= 15 is 0 Å². The molecule has 142 valence electrons. The minimum atomic E-state index is -0.127. The van der Waals surface area contributed by atoms with Crippen LogP contribution in [0.2, 0.25) is 0 Å². The maximum Gasteiger partial charge on any atom is 0.0667 e. The molecular weight excluding hydrogens is 282 g/mol. The highest BCUT2D eigenvalue weighted by atomic mass is 16.3. The standard InChI is InChI=1S/C19H41NO.C2H6/c1-4-6-7-8-9-10-11-12-13-14-15-16-17-19(21)18-20(3)5-2;1-2/h19,21H,4-18H2,1-3H3;1-2H3. The monoisotopic (exact) mass is 329 g/mol. The van der Waals surface area contributed by atoms with Gasteiger partial charge in [0.05, 0.1) is 6.10 Å². The van der Waals surface area contributed by atoms with Crippen molar-refractivity contribution in [3.63, 3.8) is 0 Å². The van der Waals surface area contributed by atoms with Crippen LogP contribution in [0.5, 0.6) is 0 Å². The summed E-state index contributed by atoms with van der Waals surface area (Å²) in [6.07, 6.45) is 17.4. The van der Waals surface area contributed by atoms with Crippen molar-refractivity contribution in [2.75, 3.05) is 20.1 Å². The van der Waals surface area contributed by atoms with E-state index in [2.05, 4.69) is 25.8 Å². The summed E-state index contributed by atoms with van der Waals surface area (Å²) in [5.41, 5.74) is 0. The number of nitrogens with zero attached hydrogens (tertiary/aromatic N) is 1. The molecule has 0 fully saturated rings. The van der Waals surface area contributed by atoms with Gasteiger partial charge in [0.15, 0.2) is 0 Å². The van der Waals surface area contributed by atoms with Crippen molar-refractivity contribution in [3.8, 4) is 0 Å². The molecule has 0 saturated heterocycles. The molecule has 0 saturated carbocycles. The van der Waals surface area contributed by atoms with Gasteiger partial charge in [0.1, 0.15) is 0 Å². The van der Waals surface area contributed by atoms with Gasteiger partial charge in [0.25, 0.3) is 0 Å². The van der Waals surface area contributed by atoms with Crippen LogP contribution in [-0.4, -0.2) is 36.2 Å². The van der Waals surface area contributed by atoms with Gasteiger partial charge < -0.3 is 10.0 Å². The molecule has 2 nitrogen and oxygen atoms in total. The number of rotatable bonds is 16. The molecule has 0 aromatic heterocycles. The van der Waals surface area contributed by atoms with Crippen molar-refractivity contribution in [3.05, 3.63) is 0 Å². The molecule has 0 aliphatic carbocycles. The Morgan fingerprint density at radius 3 is 1.48 bits per heavy atom. The van der Waals surface area contributed by atoms with Gasteiger partial charge in [0, 0.05) is 6.54 Å². The van der Waals surface area contributed by atoms with E-state index in [1.165, 1.54) is 77.0 Å². The van der Waals surface area contributed by atoms with Gasteiger partial charge in [-0.15, -0.1) is 0 Å². The van der Waals surface area contributed by atoms with Crippen molar-refractivity contribution >= 4 is 0 Å². The lowest BCUT2D eigenvalue weighted by Gasteiger charge is -2.18. The van der Waals surface area contributed by atoms with Crippen molar-refractivity contribution in [2.24, 2.45) is 0 Å². The SMILES string of the molecule is CC.CCCCCCCCCCCCCCC(O)CN(C)CC. The van der Waals surface area contributed by atoms with Crippen LogP contribution in [0.25, 0.3) is 0 Å². The summed E-state index contributed by atoms with van der Waals surface area (Å²) in [5, 5.41) is 9.87. The lowest BCUT2D eigenvalue weighted by Crippen LogP contribution is -2.28. The van der Waals surface area contributed by atoms with Gasteiger partial charge in [-0.2, -0.15) is 0 Å². The third kappa shape index (κ3) is 21.9. The molecule has 1 N–H and O–H groups in total. The summed E-state index contributed by atoms with van der Waals surface area (Å²) in [6, 6.07) is 0. The normalized spacial score (nSPS) is 12.1. The Kier molecular flexibility index (Phi) is 24.0. The fourth-order valence-corrected chi connectivity index (χ4v) is 2.80. The molecule has 0 amide bonds. The Bertz CT molecular complexity index is 196. The van der Waals surface area contributed by atoms with Crippen molar-refractivity contribution in [1.82, 2.24) is 4.90 Å². The summed E-state index contributed by atoms with van der Waals surface area (Å²) >= 11 is 0. The first kappa shape index (κ1) is 25.2. The molecule has 0 aliphatic heterocycles. The maximum atomic E-state index is 9.87. The number of aliphatic hydroxyl groups excluding tert-OH is 1. The van der Waals surface area contributed by atoms with Crippen LogP contribution in [0.1, 0.15) is 111 Å². The Balaban J connectivity index is 0. The predicted octanol–water partition coefficient (Wildman–Crippen LogP) is 6.42. The second-order valence-corrected chi connectivity index (χ2v) is 6.69. The smallest absolute Gasteiger partial charge is 0.0667 e. The number of aliphatic hydroxyl groups is 1. The minimum Gasteiger partial charge on any atom is -0.392 e. The highest BCUT2D eigenvalue weighted by molar-refractivity contribution is 4.60.